The number of hydrogen-bond acceptors (Lipinski definition) is 4. The third kappa shape index (κ3) is 5.25. The fourth-order valence-corrected chi connectivity index (χ4v) is 5.21. The maximum absolute atomic E-state index is 13.4. The average Bonchev–Trinajstić information content (AvgIpc) is 2.97. The number of carbonyl (C=O) groups excluding carboxylic acids is 1. The van der Waals surface area contributed by atoms with E-state index in [4.69, 9.17) is 17.2 Å². The molecule has 2 aromatic rings. The number of likely N-dealkylation sites (N-methyl/N-ethyl adjacent to an activating group) is 1. The highest BCUT2D eigenvalue weighted by molar-refractivity contribution is 7.80. The van der Waals surface area contributed by atoms with Gasteiger partial charge in [-0.15, -0.1) is 0 Å². The van der Waals surface area contributed by atoms with Crippen LogP contribution in [-0.2, 0) is 4.79 Å². The van der Waals surface area contributed by atoms with Gasteiger partial charge in [0.15, 0.2) is 5.11 Å². The van der Waals surface area contributed by atoms with Gasteiger partial charge in [-0.05, 0) is 69.2 Å². The lowest BCUT2D eigenvalue weighted by atomic mass is 9.83. The van der Waals surface area contributed by atoms with Crippen molar-refractivity contribution in [3.05, 3.63) is 54.1 Å². The van der Waals surface area contributed by atoms with Crippen LogP contribution in [0.4, 0.5) is 17.1 Å². The van der Waals surface area contributed by atoms with Crippen molar-refractivity contribution in [1.29, 1.82) is 0 Å². The van der Waals surface area contributed by atoms with Gasteiger partial charge in [0, 0.05) is 43.0 Å². The van der Waals surface area contributed by atoms with E-state index in [1.807, 2.05) is 37.4 Å². The first-order chi connectivity index (χ1) is 16.5. The average molecular weight is 478 g/mol. The van der Waals surface area contributed by atoms with Crippen molar-refractivity contribution in [2.24, 2.45) is 10.9 Å². The van der Waals surface area contributed by atoms with Crippen LogP contribution in [0, 0.1) is 5.92 Å². The minimum Gasteiger partial charge on any atom is -0.372 e. The van der Waals surface area contributed by atoms with Gasteiger partial charge >= 0.3 is 0 Å². The number of nitrogens with zero attached hydrogens (tertiary/aromatic N) is 3. The first-order valence-electron chi connectivity index (χ1n) is 12.4. The third-order valence-corrected chi connectivity index (χ3v) is 7.11. The molecule has 0 spiro atoms. The molecule has 7 heteroatoms. The summed E-state index contributed by atoms with van der Waals surface area (Å²) in [5, 5.41) is 6.80. The Morgan fingerprint density at radius 1 is 1.06 bits per heavy atom. The molecule has 1 heterocycles. The second-order valence-electron chi connectivity index (χ2n) is 8.98. The molecule has 6 nitrogen and oxygen atoms in total. The lowest BCUT2D eigenvalue weighted by Gasteiger charge is -2.25. The summed E-state index contributed by atoms with van der Waals surface area (Å²) in [6, 6.07) is 16.3. The molecule has 180 valence electrons. The number of nitrogens with one attached hydrogen (secondary N) is 2. The Bertz CT molecular complexity index is 1040. The van der Waals surface area contributed by atoms with Crippen LogP contribution in [0.2, 0.25) is 0 Å². The van der Waals surface area contributed by atoms with E-state index in [0.717, 1.165) is 48.6 Å². The molecule has 2 N–H and O–H groups in total. The van der Waals surface area contributed by atoms with Crippen LogP contribution >= 0.6 is 12.2 Å². The fraction of sp³-hybridized carbons (Fsp3) is 0.444. The molecule has 4 rings (SSSR count). The summed E-state index contributed by atoms with van der Waals surface area (Å²) in [4.78, 5) is 22.4. The summed E-state index contributed by atoms with van der Waals surface area (Å²) in [6.07, 6.45) is 5.14. The van der Waals surface area contributed by atoms with Gasteiger partial charge in [-0.25, -0.2) is 0 Å². The van der Waals surface area contributed by atoms with Crippen molar-refractivity contribution in [1.82, 2.24) is 5.32 Å². The number of benzodiazepines with no additional fused rings is 1. The zero-order valence-corrected chi connectivity index (χ0v) is 21.2. The molecule has 1 fully saturated rings. The van der Waals surface area contributed by atoms with Crippen LogP contribution in [0.25, 0.3) is 0 Å². The van der Waals surface area contributed by atoms with Crippen molar-refractivity contribution in [3.8, 4) is 0 Å². The molecule has 1 aliphatic heterocycles. The second-order valence-corrected chi connectivity index (χ2v) is 9.39. The predicted molar refractivity (Wildman–Crippen MR) is 146 cm³/mol. The zero-order valence-electron chi connectivity index (χ0n) is 20.4. The molecule has 1 amide bonds. The van der Waals surface area contributed by atoms with E-state index >= 15 is 0 Å². The smallest absolute Gasteiger partial charge is 0.272 e. The first kappa shape index (κ1) is 24.2. The van der Waals surface area contributed by atoms with Gasteiger partial charge in [0.1, 0.15) is 0 Å². The topological polar surface area (TPSA) is 60.0 Å². The van der Waals surface area contributed by atoms with E-state index in [9.17, 15) is 4.79 Å². The molecule has 0 bridgehead atoms. The highest BCUT2D eigenvalue weighted by Gasteiger charge is 2.33. The Labute approximate surface area is 208 Å². The number of aliphatic imine (C=N–C) groups is 1. The Morgan fingerprint density at radius 3 is 2.41 bits per heavy atom. The van der Waals surface area contributed by atoms with E-state index in [1.54, 1.807) is 4.90 Å². The monoisotopic (exact) mass is 477 g/mol. The van der Waals surface area contributed by atoms with Crippen molar-refractivity contribution in [3.63, 3.8) is 0 Å². The van der Waals surface area contributed by atoms with Gasteiger partial charge in [-0.3, -0.25) is 9.79 Å². The summed E-state index contributed by atoms with van der Waals surface area (Å²) in [6.45, 7) is 6.22. The predicted octanol–water partition coefficient (Wildman–Crippen LogP) is 5.19. The number of thiocarbonyl (C=S) groups is 1. The van der Waals surface area contributed by atoms with Crippen molar-refractivity contribution >= 4 is 46.0 Å². The van der Waals surface area contributed by atoms with Crippen LogP contribution in [0.5, 0.6) is 0 Å². The molecule has 1 unspecified atom stereocenters. The van der Waals surface area contributed by atoms with Crippen LogP contribution in [0.1, 0.15) is 51.5 Å². The molecule has 1 atom stereocenters. The van der Waals surface area contributed by atoms with Gasteiger partial charge in [-0.1, -0.05) is 37.5 Å². The Balaban J connectivity index is 1.54. The SMILES string of the molecule is CCN(CC)c1ccc(NC(=S)NC2N=C(C3CCCCC3)c3ccccc3N(C)C2=O)cc1. The van der Waals surface area contributed by atoms with Gasteiger partial charge in [-0.2, -0.15) is 0 Å². The number of carbonyl (C=O) groups is 1. The van der Waals surface area contributed by atoms with Gasteiger partial charge in [0.05, 0.1) is 11.4 Å². The summed E-state index contributed by atoms with van der Waals surface area (Å²) in [5.74, 6) is 0.256. The van der Waals surface area contributed by atoms with E-state index < -0.39 is 6.17 Å². The standard InChI is InChI=1S/C27H35N5OS/c1-4-32(5-2)21-17-15-20(16-18-21)28-27(34)30-25-26(33)31(3)23-14-10-9-13-22(23)24(29-25)19-11-7-6-8-12-19/h9-10,13-19,25H,4-8,11-12H2,1-3H3,(H2,28,30,34). The molecule has 1 aliphatic carbocycles. The van der Waals surface area contributed by atoms with Crippen molar-refractivity contribution < 1.29 is 4.79 Å². The Morgan fingerprint density at radius 2 is 1.74 bits per heavy atom. The first-order valence-corrected chi connectivity index (χ1v) is 12.8. The number of anilines is 3. The molecule has 0 saturated heterocycles. The van der Waals surface area contributed by atoms with E-state index in [0.29, 0.717) is 11.0 Å². The molecular formula is C27H35N5OS. The largest absolute Gasteiger partial charge is 0.372 e. The third-order valence-electron chi connectivity index (χ3n) is 6.89. The molecule has 0 aromatic heterocycles. The van der Waals surface area contributed by atoms with E-state index in [-0.39, 0.29) is 5.91 Å². The lowest BCUT2D eigenvalue weighted by Crippen LogP contribution is -2.47. The second kappa shape index (κ2) is 11.0. The number of fused-ring (bicyclic) bond motifs is 1. The number of hydrogen-bond donors (Lipinski definition) is 2. The van der Waals surface area contributed by atoms with Gasteiger partial charge in [0.2, 0.25) is 6.17 Å². The number of rotatable bonds is 6. The van der Waals surface area contributed by atoms with E-state index in [2.05, 4.69) is 47.6 Å². The molecule has 2 aliphatic rings. The maximum atomic E-state index is 13.4. The summed E-state index contributed by atoms with van der Waals surface area (Å²) < 4.78 is 0. The van der Waals surface area contributed by atoms with Crippen molar-refractivity contribution in [2.45, 2.75) is 52.1 Å². The molecule has 34 heavy (non-hydrogen) atoms. The Kier molecular flexibility index (Phi) is 7.83. The molecule has 2 aromatic carbocycles. The lowest BCUT2D eigenvalue weighted by molar-refractivity contribution is -0.119. The summed E-state index contributed by atoms with van der Waals surface area (Å²) in [7, 11) is 1.82. The van der Waals surface area contributed by atoms with Crippen LogP contribution in [-0.4, -0.2) is 43.0 Å². The van der Waals surface area contributed by atoms with Crippen LogP contribution in [0.15, 0.2) is 53.5 Å². The summed E-state index contributed by atoms with van der Waals surface area (Å²) in [5.41, 5.74) is 5.04. The normalized spacial score (nSPS) is 18.6. The van der Waals surface area contributed by atoms with Crippen LogP contribution in [0.3, 0.4) is 0 Å². The number of amides is 1. The van der Waals surface area contributed by atoms with Gasteiger partial charge < -0.3 is 20.4 Å². The molecular weight excluding hydrogens is 442 g/mol. The molecule has 0 radical (unpaired) electrons. The number of benzene rings is 2. The number of para-hydroxylation sites is 1. The maximum Gasteiger partial charge on any atom is 0.272 e. The highest BCUT2D eigenvalue weighted by Crippen LogP contribution is 2.33. The minimum absolute atomic E-state index is 0.112. The fourth-order valence-electron chi connectivity index (χ4n) is 4.98. The quantitative estimate of drug-likeness (QED) is 0.561. The summed E-state index contributed by atoms with van der Waals surface area (Å²) >= 11 is 5.59. The zero-order chi connectivity index (χ0) is 24.1. The Hall–Kier alpha value is -2.93. The van der Waals surface area contributed by atoms with Crippen molar-refractivity contribution in [2.75, 3.05) is 35.3 Å². The van der Waals surface area contributed by atoms with Gasteiger partial charge in [0.25, 0.3) is 5.91 Å². The highest BCUT2D eigenvalue weighted by atomic mass is 32.1. The minimum atomic E-state index is -0.760. The molecule has 1 saturated carbocycles. The van der Waals surface area contributed by atoms with Crippen LogP contribution < -0.4 is 20.4 Å². The van der Waals surface area contributed by atoms with E-state index in [1.165, 1.54) is 24.9 Å².